The van der Waals surface area contributed by atoms with Gasteiger partial charge in [0.15, 0.2) is 0 Å². The normalized spacial score (nSPS) is 13.8. The van der Waals surface area contributed by atoms with Crippen molar-refractivity contribution < 1.29 is 21.4 Å². The zero-order valence-electron chi connectivity index (χ0n) is 33.6. The summed E-state index contributed by atoms with van der Waals surface area (Å²) in [6, 6.07) is 32.5. The van der Waals surface area contributed by atoms with Gasteiger partial charge in [-0.25, -0.2) is 0 Å². The summed E-state index contributed by atoms with van der Waals surface area (Å²) in [5.41, 5.74) is 12.5. The third-order valence-corrected chi connectivity index (χ3v) is 15.6. The van der Waals surface area contributed by atoms with Gasteiger partial charge in [0, 0.05) is 0 Å². The molecule has 0 N–H and O–H groups in total. The summed E-state index contributed by atoms with van der Waals surface area (Å²) in [6.45, 7) is 22.9. The first-order valence-corrected chi connectivity index (χ1v) is 25.5. The van der Waals surface area contributed by atoms with Crippen LogP contribution in [0, 0.1) is 41.5 Å². The van der Waals surface area contributed by atoms with Crippen molar-refractivity contribution in [2.24, 2.45) is 0 Å². The first-order valence-electron chi connectivity index (χ1n) is 19.1. The molecule has 6 aromatic rings. The number of hydrogen-bond acceptors (Lipinski definition) is 4. The van der Waals surface area contributed by atoms with E-state index in [1.165, 1.54) is 44.8 Å². The molecule has 6 aromatic carbocycles. The molecule has 0 unspecified atom stereocenters. The number of rotatable bonds is 8. The van der Waals surface area contributed by atoms with Gasteiger partial charge in [0.1, 0.15) is 0 Å². The molecule has 1 aliphatic rings. The van der Waals surface area contributed by atoms with Crippen LogP contribution in [-0.2, 0) is 11.9 Å². The first kappa shape index (κ1) is 39.2. The molecule has 0 saturated carbocycles. The van der Waals surface area contributed by atoms with Gasteiger partial charge in [-0.1, -0.05) is 0 Å². The molecule has 1 saturated heterocycles. The van der Waals surface area contributed by atoms with Crippen molar-refractivity contribution in [2.45, 2.75) is 81.4 Å². The number of halogens is 2. The second kappa shape index (κ2) is 15.5. The van der Waals surface area contributed by atoms with E-state index in [0.717, 1.165) is 67.2 Å². The van der Waals surface area contributed by atoms with Crippen molar-refractivity contribution in [1.82, 2.24) is 0 Å². The molecule has 0 amide bonds. The summed E-state index contributed by atoms with van der Waals surface area (Å²) in [7, 11) is 16.1. The Hall–Kier alpha value is -4.02. The maximum atomic E-state index is 8.07. The molecule has 55 heavy (non-hydrogen) atoms. The average molecular weight is 861 g/mol. The molecule has 1 heterocycles. The Bertz CT molecular complexity index is 2480. The van der Waals surface area contributed by atoms with Gasteiger partial charge in [-0.2, -0.15) is 0 Å². The number of anilines is 2. The molecule has 288 valence electrons. The Morgan fingerprint density at radius 2 is 1.05 bits per heavy atom. The second-order valence-corrected chi connectivity index (χ2v) is 24.7. The predicted molar refractivity (Wildman–Crippen MR) is 236 cm³/mol. The van der Waals surface area contributed by atoms with E-state index in [1.807, 2.05) is 0 Å². The Morgan fingerprint density at radius 1 is 0.582 bits per heavy atom. The molecule has 0 bridgehead atoms. The Labute approximate surface area is 337 Å². The topological polar surface area (TPSA) is 24.9 Å². The molecule has 0 radical (unpaired) electrons. The molecule has 0 aliphatic carbocycles. The number of ether oxygens (including phenoxy) is 2. The van der Waals surface area contributed by atoms with Crippen LogP contribution in [0.15, 0.2) is 91.0 Å². The molecular formula is C48H52Cl2N2O2Ru. The van der Waals surface area contributed by atoms with Crippen LogP contribution < -0.4 is 19.3 Å². The molecule has 0 spiro atoms. The van der Waals surface area contributed by atoms with Gasteiger partial charge in [0.05, 0.1) is 0 Å². The summed E-state index contributed by atoms with van der Waals surface area (Å²) in [6.07, 6.45) is -0.148. The third kappa shape index (κ3) is 7.61. The van der Waals surface area contributed by atoms with Gasteiger partial charge >= 0.3 is 340 Å². The number of aryl methyl sites for hydroxylation is 6. The standard InChI is InChI=1S/C27H26O2.C21H26N2.2ClH.Ru/c1-17(2)28-24-15-14-20-10-6-8-12-22(20)25(24)26-23-13-9-7-11-21(23)16-19(5)27(26)29-18(3)4;1-14-9-16(3)20(17(4)10-14)22-7-8-23(13-22)21-18(5)11-15(2)12-19(21)6;;;/h5-18H,1-4H3;9-12H,7-8H2,1-6H3;2*1H;/q;;;;+2/p-2. The quantitative estimate of drug-likeness (QED) is 0.142. The summed E-state index contributed by atoms with van der Waals surface area (Å²) in [4.78, 5) is 4.82. The predicted octanol–water partition coefficient (Wildman–Crippen LogP) is 12.8. The molecule has 0 atom stereocenters. The summed E-state index contributed by atoms with van der Waals surface area (Å²) < 4.78 is 16.7. The van der Waals surface area contributed by atoms with Gasteiger partial charge < -0.3 is 0 Å². The second-order valence-electron chi connectivity index (χ2n) is 15.5. The zero-order valence-corrected chi connectivity index (χ0v) is 36.9. The Balaban J connectivity index is 1.63. The van der Waals surface area contributed by atoms with Crippen molar-refractivity contribution >= 4 is 61.3 Å². The number of fused-ring (bicyclic) bond motifs is 2. The van der Waals surface area contributed by atoms with Gasteiger partial charge in [0.25, 0.3) is 0 Å². The summed E-state index contributed by atoms with van der Waals surface area (Å²) >= 11 is -3.99. The molecule has 4 nitrogen and oxygen atoms in total. The molecule has 7 rings (SSSR count). The monoisotopic (exact) mass is 860 g/mol. The van der Waals surface area contributed by atoms with Gasteiger partial charge in [0.2, 0.25) is 0 Å². The van der Waals surface area contributed by atoms with Crippen LogP contribution in [0.4, 0.5) is 11.4 Å². The Morgan fingerprint density at radius 3 is 1.56 bits per heavy atom. The van der Waals surface area contributed by atoms with Crippen molar-refractivity contribution in [2.75, 3.05) is 22.9 Å². The van der Waals surface area contributed by atoms with Crippen LogP contribution in [0.5, 0.6) is 11.5 Å². The van der Waals surface area contributed by atoms with Crippen molar-refractivity contribution in [3.63, 3.8) is 0 Å². The molecule has 0 aromatic heterocycles. The van der Waals surface area contributed by atoms with Crippen LogP contribution in [0.2, 0.25) is 0 Å². The van der Waals surface area contributed by atoms with E-state index in [0.29, 0.717) is 0 Å². The van der Waals surface area contributed by atoms with E-state index in [1.54, 1.807) is 0 Å². The molecule has 7 heteroatoms. The maximum absolute atomic E-state index is 8.07. The van der Waals surface area contributed by atoms with Crippen LogP contribution >= 0.6 is 19.4 Å². The van der Waals surface area contributed by atoms with Crippen molar-refractivity contribution in [3.8, 4) is 22.6 Å². The van der Waals surface area contributed by atoms with Gasteiger partial charge in [-0.15, -0.1) is 0 Å². The number of nitrogens with zero attached hydrogens (tertiary/aromatic N) is 2. The molecule has 1 aliphatic heterocycles. The van der Waals surface area contributed by atoms with E-state index < -0.39 is 11.9 Å². The zero-order chi connectivity index (χ0) is 39.3. The van der Waals surface area contributed by atoms with E-state index in [9.17, 15) is 0 Å². The summed E-state index contributed by atoms with van der Waals surface area (Å²) in [5.74, 6) is 1.57. The molecule has 1 fully saturated rings. The van der Waals surface area contributed by atoms with Crippen molar-refractivity contribution in [1.29, 1.82) is 0 Å². The van der Waals surface area contributed by atoms with E-state index in [4.69, 9.17) is 28.9 Å². The minimum absolute atomic E-state index is 0.0269. The summed E-state index contributed by atoms with van der Waals surface area (Å²) in [5, 5.41) is 4.38. The minimum atomic E-state index is -3.99. The number of benzene rings is 6. The first-order chi connectivity index (χ1) is 26.1. The van der Waals surface area contributed by atoms with Gasteiger partial charge in [-0.05, 0) is 0 Å². The van der Waals surface area contributed by atoms with Gasteiger partial charge in [-0.3, -0.25) is 0 Å². The Kier molecular flexibility index (Phi) is 11.0. The van der Waals surface area contributed by atoms with Crippen LogP contribution in [0.3, 0.4) is 0 Å². The molecular weight excluding hydrogens is 809 g/mol. The fourth-order valence-corrected chi connectivity index (χ4v) is 14.5. The van der Waals surface area contributed by atoms with E-state index in [-0.39, 0.29) is 12.2 Å². The van der Waals surface area contributed by atoms with E-state index >= 15 is 0 Å². The van der Waals surface area contributed by atoms with Crippen LogP contribution in [-0.4, -0.2) is 34.3 Å². The van der Waals surface area contributed by atoms with Crippen LogP contribution in [0.1, 0.15) is 66.6 Å². The van der Waals surface area contributed by atoms with Crippen LogP contribution in [0.25, 0.3) is 32.7 Å². The fraction of sp³-hybridized carbons (Fsp3) is 0.292. The SMILES string of the molecule is Cc1cc(C)c(N2CCN(c3c(C)cc(C)cc3C)[C]2=[Ru]([Cl])([Cl])=[CH]c2cc3ccccc3c(-c3c(OC(C)C)ccc4ccccc34)c2OC(C)C)c(C)c1. The third-order valence-electron chi connectivity index (χ3n) is 10.1. The van der Waals surface area contributed by atoms with Crippen molar-refractivity contribution in [3.05, 3.63) is 130 Å². The number of hydrogen-bond donors (Lipinski definition) is 0. The average Bonchev–Trinajstić information content (AvgIpc) is 3.52. The fourth-order valence-electron chi connectivity index (χ4n) is 8.46. The van der Waals surface area contributed by atoms with E-state index in [2.05, 4.69) is 175 Å².